The lowest BCUT2D eigenvalue weighted by Gasteiger charge is -2.02. The highest BCUT2D eigenvalue weighted by Gasteiger charge is 2.23. The smallest absolute Gasteiger partial charge is 0.258 e. The van der Waals surface area contributed by atoms with Gasteiger partial charge in [-0.05, 0) is 24.3 Å². The fraction of sp³-hybridized carbons (Fsp3) is 0.0625. The fourth-order valence-corrected chi connectivity index (χ4v) is 2.21. The van der Waals surface area contributed by atoms with E-state index in [-0.39, 0.29) is 0 Å². The average molecular weight is 292 g/mol. The molecule has 108 valence electrons. The molecule has 0 atom stereocenters. The highest BCUT2D eigenvalue weighted by Crippen LogP contribution is 2.33. The molecule has 3 heterocycles. The maximum atomic E-state index is 5.37. The van der Waals surface area contributed by atoms with Crippen molar-refractivity contribution in [3.05, 3.63) is 60.6 Å². The summed E-state index contributed by atoms with van der Waals surface area (Å²) in [5.41, 5.74) is 3.81. The Hall–Kier alpha value is -2.99. The van der Waals surface area contributed by atoms with Crippen LogP contribution in [0.2, 0.25) is 0 Å². The molecular weight excluding hydrogens is 280 g/mol. The van der Waals surface area contributed by atoms with Gasteiger partial charge in [0.05, 0.1) is 19.0 Å². The van der Waals surface area contributed by atoms with Crippen molar-refractivity contribution in [2.45, 2.75) is 0 Å². The molecule has 3 aromatic rings. The standard InChI is InChI=1S/C16H12N4O2/c1-21-20-10-14(20)12-3-2-4-13(9-12)16-18-15(19-22-16)11-5-7-17-8-6-11/h2-10H,1H3. The van der Waals surface area contributed by atoms with Gasteiger partial charge in [0.1, 0.15) is 0 Å². The molecule has 0 spiro atoms. The van der Waals surface area contributed by atoms with Gasteiger partial charge in [0.15, 0.2) is 0 Å². The minimum absolute atomic E-state index is 0.485. The van der Waals surface area contributed by atoms with Gasteiger partial charge >= 0.3 is 0 Å². The number of hydroxylamine groups is 2. The number of aromatic nitrogens is 3. The molecule has 1 aromatic carbocycles. The summed E-state index contributed by atoms with van der Waals surface area (Å²) in [7, 11) is 1.63. The van der Waals surface area contributed by atoms with Crippen molar-refractivity contribution in [3.63, 3.8) is 0 Å². The summed E-state index contributed by atoms with van der Waals surface area (Å²) in [6.07, 6.45) is 5.31. The van der Waals surface area contributed by atoms with Crippen LogP contribution in [0.15, 0.2) is 59.5 Å². The SMILES string of the molecule is CON1C=C1c1cccc(-c2nc(-c3ccncc3)no2)c1. The molecule has 0 fully saturated rings. The van der Waals surface area contributed by atoms with Crippen LogP contribution >= 0.6 is 0 Å². The average Bonchev–Trinajstić information content (AvgIpc) is 3.22. The van der Waals surface area contributed by atoms with Crippen LogP contribution in [0, 0.1) is 0 Å². The van der Waals surface area contributed by atoms with Crippen LogP contribution in [0.4, 0.5) is 0 Å². The second kappa shape index (κ2) is 5.09. The zero-order valence-electron chi connectivity index (χ0n) is 11.8. The quantitative estimate of drug-likeness (QED) is 0.736. The van der Waals surface area contributed by atoms with Gasteiger partial charge in [-0.3, -0.25) is 9.82 Å². The lowest BCUT2D eigenvalue weighted by Crippen LogP contribution is -1.95. The molecule has 6 nitrogen and oxygen atoms in total. The monoisotopic (exact) mass is 292 g/mol. The first-order chi connectivity index (χ1) is 10.8. The van der Waals surface area contributed by atoms with E-state index in [1.54, 1.807) is 24.6 Å². The molecule has 0 N–H and O–H groups in total. The number of pyridine rings is 1. The summed E-state index contributed by atoms with van der Waals surface area (Å²) in [6.45, 7) is 0. The third kappa shape index (κ3) is 2.25. The van der Waals surface area contributed by atoms with E-state index in [1.807, 2.05) is 42.6 Å². The van der Waals surface area contributed by atoms with Crippen molar-refractivity contribution in [2.75, 3.05) is 7.11 Å². The molecule has 0 bridgehead atoms. The first-order valence-corrected chi connectivity index (χ1v) is 6.75. The number of rotatable bonds is 4. The summed E-state index contributed by atoms with van der Waals surface area (Å²) in [6, 6.07) is 11.6. The Morgan fingerprint density at radius 1 is 1.05 bits per heavy atom. The zero-order valence-corrected chi connectivity index (χ0v) is 11.8. The van der Waals surface area contributed by atoms with Crippen molar-refractivity contribution in [1.29, 1.82) is 0 Å². The number of benzene rings is 1. The van der Waals surface area contributed by atoms with E-state index in [9.17, 15) is 0 Å². The Morgan fingerprint density at radius 3 is 2.64 bits per heavy atom. The molecule has 0 unspecified atom stereocenters. The molecule has 0 aliphatic carbocycles. The molecule has 0 amide bonds. The van der Waals surface area contributed by atoms with Gasteiger partial charge < -0.3 is 4.52 Å². The molecule has 22 heavy (non-hydrogen) atoms. The van der Waals surface area contributed by atoms with Crippen LogP contribution in [0.3, 0.4) is 0 Å². The molecule has 2 aromatic heterocycles. The fourth-order valence-electron chi connectivity index (χ4n) is 2.21. The highest BCUT2D eigenvalue weighted by atomic mass is 16.7. The molecule has 0 radical (unpaired) electrons. The summed E-state index contributed by atoms with van der Waals surface area (Å²) >= 11 is 0. The topological polar surface area (TPSA) is 64.1 Å². The van der Waals surface area contributed by atoms with Gasteiger partial charge in [-0.15, -0.1) is 0 Å². The van der Waals surface area contributed by atoms with Gasteiger partial charge in [-0.2, -0.15) is 4.98 Å². The van der Waals surface area contributed by atoms with Gasteiger partial charge in [0, 0.05) is 29.1 Å². The molecule has 0 saturated carbocycles. The molecule has 4 rings (SSSR count). The van der Waals surface area contributed by atoms with E-state index in [1.165, 1.54) is 0 Å². The molecule has 0 saturated heterocycles. The van der Waals surface area contributed by atoms with Gasteiger partial charge in [-0.1, -0.05) is 17.3 Å². The predicted octanol–water partition coefficient (Wildman–Crippen LogP) is 2.97. The van der Waals surface area contributed by atoms with E-state index in [4.69, 9.17) is 9.36 Å². The van der Waals surface area contributed by atoms with E-state index < -0.39 is 0 Å². The van der Waals surface area contributed by atoms with Crippen LogP contribution in [0.1, 0.15) is 5.56 Å². The number of hydrogen-bond donors (Lipinski definition) is 0. The van der Waals surface area contributed by atoms with E-state index >= 15 is 0 Å². The lowest BCUT2D eigenvalue weighted by molar-refractivity contribution is 0.00135. The van der Waals surface area contributed by atoms with E-state index in [0.29, 0.717) is 11.7 Å². The maximum absolute atomic E-state index is 5.37. The lowest BCUT2D eigenvalue weighted by atomic mass is 10.1. The van der Waals surface area contributed by atoms with Gasteiger partial charge in [-0.25, -0.2) is 5.06 Å². The van der Waals surface area contributed by atoms with Crippen LogP contribution < -0.4 is 0 Å². The van der Waals surface area contributed by atoms with E-state index in [0.717, 1.165) is 22.4 Å². The largest absolute Gasteiger partial charge is 0.334 e. The van der Waals surface area contributed by atoms with Crippen LogP contribution in [0.25, 0.3) is 28.5 Å². The minimum atomic E-state index is 0.485. The molecule has 6 heteroatoms. The van der Waals surface area contributed by atoms with Crippen LogP contribution in [-0.4, -0.2) is 27.3 Å². The molecular formula is C16H12N4O2. The first kappa shape index (κ1) is 12.7. The van der Waals surface area contributed by atoms with Crippen LogP contribution in [-0.2, 0) is 4.84 Å². The van der Waals surface area contributed by atoms with Crippen LogP contribution in [0.5, 0.6) is 0 Å². The van der Waals surface area contributed by atoms with E-state index in [2.05, 4.69) is 15.1 Å². The number of hydrogen-bond acceptors (Lipinski definition) is 6. The maximum Gasteiger partial charge on any atom is 0.258 e. The molecule has 1 aliphatic heterocycles. The summed E-state index contributed by atoms with van der Waals surface area (Å²) in [5.74, 6) is 1.03. The predicted molar refractivity (Wildman–Crippen MR) is 79.8 cm³/mol. The molecule has 1 aliphatic rings. The van der Waals surface area contributed by atoms with Crippen molar-refractivity contribution < 1.29 is 9.36 Å². The Bertz CT molecular complexity index is 842. The zero-order chi connectivity index (χ0) is 14.9. The number of nitrogens with zero attached hydrogens (tertiary/aromatic N) is 4. The van der Waals surface area contributed by atoms with Crippen molar-refractivity contribution in [1.82, 2.24) is 20.2 Å². The van der Waals surface area contributed by atoms with Crippen molar-refractivity contribution in [2.24, 2.45) is 0 Å². The Balaban J connectivity index is 1.64. The third-order valence-electron chi connectivity index (χ3n) is 3.38. The normalized spacial score (nSPS) is 13.1. The summed E-state index contributed by atoms with van der Waals surface area (Å²) < 4.78 is 5.37. The van der Waals surface area contributed by atoms with Crippen molar-refractivity contribution in [3.8, 4) is 22.8 Å². The minimum Gasteiger partial charge on any atom is -0.334 e. The first-order valence-electron chi connectivity index (χ1n) is 6.75. The van der Waals surface area contributed by atoms with Gasteiger partial charge in [0.2, 0.25) is 5.82 Å². The summed E-state index contributed by atoms with van der Waals surface area (Å²) in [4.78, 5) is 13.5. The second-order valence-corrected chi connectivity index (χ2v) is 4.76. The second-order valence-electron chi connectivity index (χ2n) is 4.76. The Morgan fingerprint density at radius 2 is 1.86 bits per heavy atom. The Labute approximate surface area is 126 Å². The highest BCUT2D eigenvalue weighted by molar-refractivity contribution is 5.76. The summed E-state index contributed by atoms with van der Waals surface area (Å²) in [5, 5.41) is 5.72. The van der Waals surface area contributed by atoms with Crippen molar-refractivity contribution >= 4 is 5.70 Å². The Kier molecular flexibility index (Phi) is 2.94. The third-order valence-corrected chi connectivity index (χ3v) is 3.38. The van der Waals surface area contributed by atoms with Gasteiger partial charge in [0.25, 0.3) is 5.89 Å².